The van der Waals surface area contributed by atoms with Crippen LogP contribution in [-0.4, -0.2) is 19.8 Å². The Bertz CT molecular complexity index is 714. The van der Waals surface area contributed by atoms with Gasteiger partial charge in [-0.2, -0.15) is 4.98 Å². The van der Waals surface area contributed by atoms with Crippen LogP contribution in [0.2, 0.25) is 0 Å². The van der Waals surface area contributed by atoms with Gasteiger partial charge < -0.3 is 19.9 Å². The highest BCUT2D eigenvalue weighted by atomic mass is 16.5. The molecule has 92 valence electrons. The number of aryl methyl sites for hydroxylation is 1. The summed E-state index contributed by atoms with van der Waals surface area (Å²) in [6.07, 6.45) is 0. The van der Waals surface area contributed by atoms with E-state index in [1.807, 2.05) is 23.7 Å². The molecule has 0 fully saturated rings. The maximum absolute atomic E-state index is 9.81. The van der Waals surface area contributed by atoms with Gasteiger partial charge in [-0.1, -0.05) is 11.2 Å². The molecule has 0 aliphatic rings. The van der Waals surface area contributed by atoms with E-state index in [2.05, 4.69) is 10.1 Å². The normalized spacial score (nSPS) is 11.2. The molecule has 0 aliphatic heterocycles. The molecule has 2 heterocycles. The van der Waals surface area contributed by atoms with Crippen LogP contribution in [0.15, 0.2) is 28.8 Å². The molecule has 18 heavy (non-hydrogen) atoms. The van der Waals surface area contributed by atoms with E-state index in [9.17, 15) is 5.11 Å². The highest BCUT2D eigenvalue weighted by Crippen LogP contribution is 2.31. The largest absolute Gasteiger partial charge is 0.507 e. The minimum Gasteiger partial charge on any atom is -0.507 e. The molecule has 0 saturated heterocycles. The van der Waals surface area contributed by atoms with E-state index in [4.69, 9.17) is 10.3 Å². The number of aromatic nitrogens is 3. The monoisotopic (exact) mass is 244 g/mol. The summed E-state index contributed by atoms with van der Waals surface area (Å²) in [5, 5.41) is 14.3. The SMILES string of the molecule is Cn1c(-c2nc(CN)no2)cc2c(O)cccc21. The third-order valence-electron chi connectivity index (χ3n) is 2.93. The number of nitrogens with zero attached hydrogens (tertiary/aromatic N) is 3. The van der Waals surface area contributed by atoms with Crippen molar-refractivity contribution in [1.82, 2.24) is 14.7 Å². The predicted octanol–water partition coefficient (Wildman–Crippen LogP) is 1.39. The van der Waals surface area contributed by atoms with Gasteiger partial charge in [-0.05, 0) is 18.2 Å². The number of hydrogen-bond donors (Lipinski definition) is 2. The predicted molar refractivity (Wildman–Crippen MR) is 65.8 cm³/mol. The molecule has 0 unspecified atom stereocenters. The van der Waals surface area contributed by atoms with E-state index < -0.39 is 0 Å². The summed E-state index contributed by atoms with van der Waals surface area (Å²) in [6, 6.07) is 7.17. The van der Waals surface area contributed by atoms with Gasteiger partial charge in [-0.25, -0.2) is 0 Å². The van der Waals surface area contributed by atoms with E-state index >= 15 is 0 Å². The molecule has 6 nitrogen and oxygen atoms in total. The third kappa shape index (κ3) is 1.46. The molecular formula is C12H12N4O2. The van der Waals surface area contributed by atoms with Crippen molar-refractivity contribution >= 4 is 10.9 Å². The van der Waals surface area contributed by atoms with Crippen LogP contribution in [0, 0.1) is 0 Å². The Labute approximate surface area is 103 Å². The highest BCUT2D eigenvalue weighted by molar-refractivity contribution is 5.90. The van der Waals surface area contributed by atoms with Crippen molar-refractivity contribution in [2.75, 3.05) is 0 Å². The van der Waals surface area contributed by atoms with Crippen molar-refractivity contribution < 1.29 is 9.63 Å². The lowest BCUT2D eigenvalue weighted by atomic mass is 10.2. The lowest BCUT2D eigenvalue weighted by molar-refractivity contribution is 0.420. The number of benzene rings is 1. The van der Waals surface area contributed by atoms with Gasteiger partial charge in [0.05, 0.1) is 12.1 Å². The van der Waals surface area contributed by atoms with Crippen molar-refractivity contribution in [2.24, 2.45) is 12.8 Å². The average Bonchev–Trinajstić information content (AvgIpc) is 2.96. The van der Waals surface area contributed by atoms with Crippen LogP contribution in [0.25, 0.3) is 22.5 Å². The first-order valence-corrected chi connectivity index (χ1v) is 5.51. The third-order valence-corrected chi connectivity index (χ3v) is 2.93. The fourth-order valence-corrected chi connectivity index (χ4v) is 1.99. The maximum atomic E-state index is 9.81. The second kappa shape index (κ2) is 3.85. The molecule has 0 atom stereocenters. The first kappa shape index (κ1) is 10.8. The Morgan fingerprint density at radius 2 is 2.28 bits per heavy atom. The van der Waals surface area contributed by atoms with Gasteiger partial charge >= 0.3 is 0 Å². The van der Waals surface area contributed by atoms with Crippen molar-refractivity contribution in [3.8, 4) is 17.3 Å². The Balaban J connectivity index is 2.23. The second-order valence-electron chi connectivity index (χ2n) is 4.02. The number of nitrogens with two attached hydrogens (primary N) is 1. The van der Waals surface area contributed by atoms with Gasteiger partial charge in [-0.15, -0.1) is 0 Å². The molecular weight excluding hydrogens is 232 g/mol. The Morgan fingerprint density at radius 3 is 2.94 bits per heavy atom. The lowest BCUT2D eigenvalue weighted by Gasteiger charge is -1.99. The zero-order valence-corrected chi connectivity index (χ0v) is 9.79. The number of fused-ring (bicyclic) bond motifs is 1. The van der Waals surface area contributed by atoms with E-state index in [0.29, 0.717) is 11.7 Å². The molecule has 0 saturated carbocycles. The minimum atomic E-state index is 0.230. The molecule has 0 spiro atoms. The summed E-state index contributed by atoms with van der Waals surface area (Å²) in [5.41, 5.74) is 7.10. The summed E-state index contributed by atoms with van der Waals surface area (Å²) in [7, 11) is 1.88. The first-order valence-electron chi connectivity index (χ1n) is 5.51. The van der Waals surface area contributed by atoms with Crippen LogP contribution in [0.1, 0.15) is 5.82 Å². The van der Waals surface area contributed by atoms with Crippen LogP contribution < -0.4 is 5.73 Å². The molecule has 0 bridgehead atoms. The quantitative estimate of drug-likeness (QED) is 0.711. The number of hydrogen-bond acceptors (Lipinski definition) is 5. The first-order chi connectivity index (χ1) is 8.70. The summed E-state index contributed by atoms with van der Waals surface area (Å²) >= 11 is 0. The lowest BCUT2D eigenvalue weighted by Crippen LogP contribution is -1.98. The molecule has 3 aromatic rings. The van der Waals surface area contributed by atoms with E-state index in [-0.39, 0.29) is 12.3 Å². The molecule has 0 aliphatic carbocycles. The van der Waals surface area contributed by atoms with E-state index in [1.54, 1.807) is 12.1 Å². The number of aromatic hydroxyl groups is 1. The standard InChI is InChI=1S/C12H12N4O2/c1-16-8-3-2-4-10(17)7(8)5-9(16)12-14-11(6-13)15-18-12/h2-5,17H,6,13H2,1H3. The smallest absolute Gasteiger partial charge is 0.274 e. The Kier molecular flexibility index (Phi) is 2.31. The molecule has 0 amide bonds. The number of phenols is 1. The summed E-state index contributed by atoms with van der Waals surface area (Å²) in [5.74, 6) is 1.08. The Hall–Kier alpha value is -2.34. The van der Waals surface area contributed by atoms with Gasteiger partial charge in [0.15, 0.2) is 5.82 Å². The Morgan fingerprint density at radius 1 is 1.44 bits per heavy atom. The van der Waals surface area contributed by atoms with Crippen LogP contribution in [-0.2, 0) is 13.6 Å². The summed E-state index contributed by atoms with van der Waals surface area (Å²) in [6.45, 7) is 0.235. The van der Waals surface area contributed by atoms with Crippen LogP contribution in [0.3, 0.4) is 0 Å². The zero-order valence-electron chi connectivity index (χ0n) is 9.79. The maximum Gasteiger partial charge on any atom is 0.274 e. The van der Waals surface area contributed by atoms with Crippen molar-refractivity contribution in [3.63, 3.8) is 0 Å². The topological polar surface area (TPSA) is 90.1 Å². The average molecular weight is 244 g/mol. The van der Waals surface area contributed by atoms with Crippen LogP contribution >= 0.6 is 0 Å². The van der Waals surface area contributed by atoms with Gasteiger partial charge in [0, 0.05) is 12.4 Å². The summed E-state index contributed by atoms with van der Waals surface area (Å²) < 4.78 is 7.04. The van der Waals surface area contributed by atoms with Gasteiger partial charge in [0.1, 0.15) is 11.4 Å². The fraction of sp³-hybridized carbons (Fsp3) is 0.167. The number of phenolic OH excluding ortho intramolecular Hbond substituents is 1. The fourth-order valence-electron chi connectivity index (χ4n) is 1.99. The van der Waals surface area contributed by atoms with Gasteiger partial charge in [-0.3, -0.25) is 0 Å². The molecule has 3 N–H and O–H groups in total. The van der Waals surface area contributed by atoms with Crippen molar-refractivity contribution in [1.29, 1.82) is 0 Å². The minimum absolute atomic E-state index is 0.230. The van der Waals surface area contributed by atoms with Crippen molar-refractivity contribution in [3.05, 3.63) is 30.1 Å². The van der Waals surface area contributed by atoms with E-state index in [0.717, 1.165) is 16.6 Å². The molecule has 3 rings (SSSR count). The molecule has 0 radical (unpaired) electrons. The van der Waals surface area contributed by atoms with E-state index in [1.165, 1.54) is 0 Å². The van der Waals surface area contributed by atoms with Gasteiger partial charge in [0.2, 0.25) is 0 Å². The highest BCUT2D eigenvalue weighted by Gasteiger charge is 2.15. The van der Waals surface area contributed by atoms with Gasteiger partial charge in [0.25, 0.3) is 5.89 Å². The molecule has 6 heteroatoms. The molecule has 1 aromatic carbocycles. The van der Waals surface area contributed by atoms with Crippen LogP contribution in [0.4, 0.5) is 0 Å². The zero-order chi connectivity index (χ0) is 12.7. The number of rotatable bonds is 2. The summed E-state index contributed by atoms with van der Waals surface area (Å²) in [4.78, 5) is 4.18. The van der Waals surface area contributed by atoms with Crippen LogP contribution in [0.5, 0.6) is 5.75 Å². The second-order valence-corrected chi connectivity index (χ2v) is 4.02. The van der Waals surface area contributed by atoms with Crippen molar-refractivity contribution in [2.45, 2.75) is 6.54 Å². The molecule has 2 aromatic heterocycles.